The van der Waals surface area contributed by atoms with E-state index >= 15 is 0 Å². The number of carbonyl (C=O) groups excluding carboxylic acids is 1. The predicted molar refractivity (Wildman–Crippen MR) is 75.5 cm³/mol. The van der Waals surface area contributed by atoms with Crippen LogP contribution in [-0.2, 0) is 11.3 Å². The molecule has 0 bridgehead atoms. The number of esters is 1. The molecule has 110 valence electrons. The van der Waals surface area contributed by atoms with Gasteiger partial charge in [-0.05, 0) is 36.8 Å². The molecule has 0 aliphatic carbocycles. The summed E-state index contributed by atoms with van der Waals surface area (Å²) in [7, 11) is 1.29. The number of carbonyl (C=O) groups is 2. The van der Waals surface area contributed by atoms with E-state index in [9.17, 15) is 9.59 Å². The highest BCUT2D eigenvalue weighted by atomic mass is 16.5. The molecule has 2 rings (SSSR count). The maximum atomic E-state index is 11.5. The van der Waals surface area contributed by atoms with Crippen LogP contribution in [0.4, 0.5) is 5.69 Å². The topological polar surface area (TPSA) is 88.8 Å². The highest BCUT2D eigenvalue weighted by Crippen LogP contribution is 2.19. The molecule has 0 unspecified atom stereocenters. The minimum Gasteiger partial charge on any atom is -0.478 e. The Morgan fingerprint density at radius 1 is 1.33 bits per heavy atom. The highest BCUT2D eigenvalue weighted by molar-refractivity contribution is 5.89. The van der Waals surface area contributed by atoms with Gasteiger partial charge in [0.05, 0.1) is 18.9 Å². The fourth-order valence-corrected chi connectivity index (χ4v) is 1.93. The largest absolute Gasteiger partial charge is 0.478 e. The van der Waals surface area contributed by atoms with Crippen LogP contribution in [0.3, 0.4) is 0 Å². The van der Waals surface area contributed by atoms with Gasteiger partial charge in [0, 0.05) is 17.8 Å². The Bertz CT molecular complexity index is 674. The lowest BCUT2D eigenvalue weighted by molar-refractivity contribution is 0.0563. The van der Waals surface area contributed by atoms with Crippen molar-refractivity contribution >= 4 is 17.6 Å². The van der Waals surface area contributed by atoms with Gasteiger partial charge in [-0.1, -0.05) is 0 Å². The van der Waals surface area contributed by atoms with Crippen molar-refractivity contribution < 1.29 is 23.8 Å². The lowest BCUT2D eigenvalue weighted by Crippen LogP contribution is -2.07. The number of aromatic carboxylic acids is 1. The molecule has 2 aromatic rings. The minimum absolute atomic E-state index is 0.157. The van der Waals surface area contributed by atoms with E-state index in [1.807, 2.05) is 6.92 Å². The third kappa shape index (κ3) is 3.22. The number of furan rings is 1. The summed E-state index contributed by atoms with van der Waals surface area (Å²) < 4.78 is 9.72. The van der Waals surface area contributed by atoms with Gasteiger partial charge in [0.15, 0.2) is 0 Å². The van der Waals surface area contributed by atoms with Crippen molar-refractivity contribution in [3.8, 4) is 0 Å². The van der Waals surface area contributed by atoms with Crippen LogP contribution >= 0.6 is 0 Å². The van der Waals surface area contributed by atoms with Gasteiger partial charge in [-0.25, -0.2) is 9.59 Å². The van der Waals surface area contributed by atoms with E-state index in [2.05, 4.69) is 10.1 Å². The van der Waals surface area contributed by atoms with Crippen molar-refractivity contribution in [3.63, 3.8) is 0 Å². The first-order chi connectivity index (χ1) is 10.0. The number of nitrogens with one attached hydrogen (secondary N) is 1. The average Bonchev–Trinajstić information content (AvgIpc) is 2.93. The molecule has 0 amide bonds. The van der Waals surface area contributed by atoms with Gasteiger partial charge >= 0.3 is 11.9 Å². The number of hydrogen-bond donors (Lipinski definition) is 2. The molecule has 1 aromatic carbocycles. The minimum atomic E-state index is -0.965. The van der Waals surface area contributed by atoms with Gasteiger partial charge in [-0.3, -0.25) is 0 Å². The Labute approximate surface area is 121 Å². The van der Waals surface area contributed by atoms with Crippen molar-refractivity contribution in [2.45, 2.75) is 13.5 Å². The van der Waals surface area contributed by atoms with Crippen LogP contribution < -0.4 is 5.32 Å². The van der Waals surface area contributed by atoms with Crippen LogP contribution in [0, 0.1) is 6.92 Å². The van der Waals surface area contributed by atoms with Gasteiger partial charge in [0.25, 0.3) is 0 Å². The lowest BCUT2D eigenvalue weighted by Gasteiger charge is -2.10. The van der Waals surface area contributed by atoms with Crippen LogP contribution in [0.2, 0.25) is 0 Å². The summed E-state index contributed by atoms with van der Waals surface area (Å²) in [6.45, 7) is 2.18. The van der Waals surface area contributed by atoms with Crippen LogP contribution in [0.15, 0.2) is 34.9 Å². The Kier molecular flexibility index (Phi) is 4.27. The molecule has 21 heavy (non-hydrogen) atoms. The molecule has 6 heteroatoms. The van der Waals surface area contributed by atoms with Gasteiger partial charge < -0.3 is 19.6 Å². The maximum Gasteiger partial charge on any atom is 0.374 e. The zero-order chi connectivity index (χ0) is 15.4. The van der Waals surface area contributed by atoms with Gasteiger partial charge in [0.2, 0.25) is 5.76 Å². The molecule has 0 radical (unpaired) electrons. The second-order valence-electron chi connectivity index (χ2n) is 4.45. The van der Waals surface area contributed by atoms with Crippen molar-refractivity contribution in [3.05, 3.63) is 53.0 Å². The smallest absolute Gasteiger partial charge is 0.374 e. The second-order valence-corrected chi connectivity index (χ2v) is 4.45. The molecule has 0 atom stereocenters. The summed E-state index contributed by atoms with van der Waals surface area (Å²) in [4.78, 5) is 22.4. The van der Waals surface area contributed by atoms with Crippen LogP contribution in [0.25, 0.3) is 0 Å². The first-order valence-electron chi connectivity index (χ1n) is 6.25. The summed E-state index contributed by atoms with van der Waals surface area (Å²) in [5, 5.41) is 12.1. The van der Waals surface area contributed by atoms with Crippen molar-refractivity contribution in [1.82, 2.24) is 0 Å². The number of carboxylic acid groups (broad SMARTS) is 1. The molecular formula is C15H15NO5. The molecule has 0 aliphatic heterocycles. The molecule has 1 aromatic heterocycles. The number of methoxy groups -OCH3 is 1. The third-order valence-electron chi connectivity index (χ3n) is 3.06. The van der Waals surface area contributed by atoms with Crippen LogP contribution in [0.1, 0.15) is 32.0 Å². The molecule has 1 heterocycles. The van der Waals surface area contributed by atoms with Gasteiger partial charge in [-0.15, -0.1) is 0 Å². The lowest BCUT2D eigenvalue weighted by atomic mass is 10.1. The number of anilines is 1. The summed E-state index contributed by atoms with van der Waals surface area (Å²) in [5.41, 5.74) is 2.50. The summed E-state index contributed by atoms with van der Waals surface area (Å²) in [6, 6.07) is 6.48. The number of aryl methyl sites for hydroxylation is 1. The zero-order valence-corrected chi connectivity index (χ0v) is 11.7. The predicted octanol–water partition coefficient (Wildman–Crippen LogP) is 2.68. The zero-order valence-electron chi connectivity index (χ0n) is 11.7. The molecule has 6 nitrogen and oxygen atoms in total. The third-order valence-corrected chi connectivity index (χ3v) is 3.06. The van der Waals surface area contributed by atoms with Crippen molar-refractivity contribution in [2.75, 3.05) is 12.4 Å². The quantitative estimate of drug-likeness (QED) is 0.823. The number of ether oxygens (including phenoxy) is 1. The Morgan fingerprint density at radius 3 is 2.71 bits per heavy atom. The molecule has 2 N–H and O–H groups in total. The number of hydrogen-bond acceptors (Lipinski definition) is 5. The highest BCUT2D eigenvalue weighted by Gasteiger charge is 2.15. The summed E-state index contributed by atoms with van der Waals surface area (Å²) in [6.07, 6.45) is 1.42. The summed E-state index contributed by atoms with van der Waals surface area (Å²) in [5.74, 6) is -1.34. The fraction of sp³-hybridized carbons (Fsp3) is 0.200. The van der Waals surface area contributed by atoms with E-state index in [1.54, 1.807) is 18.2 Å². The first kappa shape index (κ1) is 14.6. The molecule has 0 saturated heterocycles. The fourth-order valence-electron chi connectivity index (χ4n) is 1.93. The van der Waals surface area contributed by atoms with Crippen molar-refractivity contribution in [2.24, 2.45) is 0 Å². The van der Waals surface area contributed by atoms with E-state index in [1.165, 1.54) is 19.4 Å². The molecular weight excluding hydrogens is 274 g/mol. The number of rotatable bonds is 5. The normalized spacial score (nSPS) is 10.2. The SMILES string of the molecule is COC(=O)c1occc1CNc1ccc(C(=O)O)cc1C. The van der Waals surface area contributed by atoms with Gasteiger partial charge in [-0.2, -0.15) is 0 Å². The van der Waals surface area contributed by atoms with E-state index in [4.69, 9.17) is 9.52 Å². The van der Waals surface area contributed by atoms with Gasteiger partial charge in [0.1, 0.15) is 0 Å². The molecule has 0 aliphatic rings. The Balaban J connectivity index is 2.12. The van der Waals surface area contributed by atoms with E-state index in [-0.39, 0.29) is 11.3 Å². The molecule has 0 saturated carbocycles. The summed E-state index contributed by atoms with van der Waals surface area (Å²) >= 11 is 0. The average molecular weight is 289 g/mol. The van der Waals surface area contributed by atoms with Crippen LogP contribution in [-0.4, -0.2) is 24.2 Å². The standard InChI is InChI=1S/C15H15NO5/c1-9-7-10(14(17)18)3-4-12(9)16-8-11-5-6-21-13(11)15(19)20-2/h3-7,16H,8H2,1-2H3,(H,17,18). The maximum absolute atomic E-state index is 11.5. The Hall–Kier alpha value is -2.76. The number of carboxylic acids is 1. The van der Waals surface area contributed by atoms with Crippen LogP contribution in [0.5, 0.6) is 0 Å². The Morgan fingerprint density at radius 2 is 2.10 bits per heavy atom. The molecule has 0 fully saturated rings. The molecule has 0 spiro atoms. The second kappa shape index (κ2) is 6.13. The van der Waals surface area contributed by atoms with E-state index in [0.717, 1.165) is 11.3 Å². The van der Waals surface area contributed by atoms with Crippen molar-refractivity contribution in [1.29, 1.82) is 0 Å². The van der Waals surface area contributed by atoms with E-state index in [0.29, 0.717) is 12.1 Å². The van der Waals surface area contributed by atoms with E-state index < -0.39 is 11.9 Å². The monoisotopic (exact) mass is 289 g/mol. The number of benzene rings is 1. The first-order valence-corrected chi connectivity index (χ1v) is 6.25.